The van der Waals surface area contributed by atoms with Gasteiger partial charge < -0.3 is 15.9 Å². The number of aliphatic hydroxyl groups excluding tert-OH is 1. The van der Waals surface area contributed by atoms with Crippen molar-refractivity contribution >= 4 is 11.8 Å². The molecule has 0 aromatic heterocycles. The van der Waals surface area contributed by atoms with Gasteiger partial charge >= 0.3 is 5.97 Å². The summed E-state index contributed by atoms with van der Waals surface area (Å²) >= 11 is 0. The van der Waals surface area contributed by atoms with Gasteiger partial charge in [0.1, 0.15) is 0 Å². The second-order valence-electron chi connectivity index (χ2n) is 3.21. The predicted octanol–water partition coefficient (Wildman–Crippen LogP) is -0.731. The van der Waals surface area contributed by atoms with E-state index in [9.17, 15) is 9.59 Å². The summed E-state index contributed by atoms with van der Waals surface area (Å²) in [6.45, 7) is 0. The third-order valence-corrected chi connectivity index (χ3v) is 2.03. The lowest BCUT2D eigenvalue weighted by Gasteiger charge is -2.12. The quantitative estimate of drug-likeness (QED) is 0.556. The third-order valence-electron chi connectivity index (χ3n) is 2.03. The van der Waals surface area contributed by atoms with Gasteiger partial charge in [-0.1, -0.05) is 6.08 Å². The highest BCUT2D eigenvalue weighted by Crippen LogP contribution is 2.16. The zero-order valence-electron chi connectivity index (χ0n) is 7.51. The maximum absolute atomic E-state index is 10.8. The van der Waals surface area contributed by atoms with Crippen LogP contribution in [0.4, 0.5) is 0 Å². The van der Waals surface area contributed by atoms with E-state index in [4.69, 9.17) is 10.2 Å². The first-order valence-electron chi connectivity index (χ1n) is 4.20. The molecular formula is C9H12NO4+. The van der Waals surface area contributed by atoms with Gasteiger partial charge in [-0.3, -0.25) is 4.79 Å². The second-order valence-corrected chi connectivity index (χ2v) is 3.21. The molecule has 2 unspecified atom stereocenters. The molecule has 1 rings (SSSR count). The molecule has 0 bridgehead atoms. The highest BCUT2D eigenvalue weighted by molar-refractivity contribution is 6.02. The summed E-state index contributed by atoms with van der Waals surface area (Å²) in [7, 11) is 0. The van der Waals surface area contributed by atoms with E-state index in [-0.39, 0.29) is 18.1 Å². The summed E-state index contributed by atoms with van der Waals surface area (Å²) in [5.41, 5.74) is 3.45. The van der Waals surface area contributed by atoms with Gasteiger partial charge in [-0.05, 0) is 12.2 Å². The van der Waals surface area contributed by atoms with Gasteiger partial charge in [0, 0.05) is 12.3 Å². The Kier molecular flexibility index (Phi) is 3.03. The average molecular weight is 198 g/mol. The topological polar surface area (TPSA) is 102 Å². The molecular weight excluding hydrogens is 186 g/mol. The van der Waals surface area contributed by atoms with Crippen LogP contribution in [0.3, 0.4) is 0 Å². The van der Waals surface area contributed by atoms with E-state index in [0.29, 0.717) is 0 Å². The van der Waals surface area contributed by atoms with E-state index >= 15 is 0 Å². The summed E-state index contributed by atoms with van der Waals surface area (Å²) in [6, 6.07) is -0.734. The highest BCUT2D eigenvalue weighted by atomic mass is 16.4. The fourth-order valence-corrected chi connectivity index (χ4v) is 1.21. The zero-order valence-corrected chi connectivity index (χ0v) is 7.51. The molecule has 0 saturated carbocycles. The SMILES string of the molecule is [NH3+]C(CC1C=CC(=O)C(O)=C1)C(=O)O. The summed E-state index contributed by atoms with van der Waals surface area (Å²) in [6.07, 6.45) is 4.45. The molecule has 0 aliphatic heterocycles. The lowest BCUT2D eigenvalue weighted by molar-refractivity contribution is -0.409. The fraction of sp³-hybridized carbons (Fsp3) is 0.333. The Morgan fingerprint density at radius 2 is 2.29 bits per heavy atom. The molecule has 1 aliphatic carbocycles. The molecule has 0 amide bonds. The maximum atomic E-state index is 10.8. The molecule has 2 atom stereocenters. The largest absolute Gasteiger partial charge is 0.504 e. The van der Waals surface area contributed by atoms with Gasteiger partial charge in [-0.15, -0.1) is 0 Å². The Hall–Kier alpha value is -1.62. The number of carboxylic acids is 1. The van der Waals surface area contributed by atoms with E-state index < -0.39 is 17.8 Å². The van der Waals surface area contributed by atoms with Gasteiger partial charge in [0.2, 0.25) is 5.78 Å². The first-order valence-corrected chi connectivity index (χ1v) is 4.20. The van der Waals surface area contributed by atoms with Crippen molar-refractivity contribution in [2.75, 3.05) is 0 Å². The molecule has 0 aromatic carbocycles. The molecule has 0 aromatic rings. The zero-order chi connectivity index (χ0) is 10.7. The Bertz CT molecular complexity index is 319. The van der Waals surface area contributed by atoms with Crippen molar-refractivity contribution in [2.45, 2.75) is 12.5 Å². The molecule has 0 heterocycles. The first-order chi connectivity index (χ1) is 6.50. The molecule has 5 N–H and O–H groups in total. The van der Waals surface area contributed by atoms with Crippen LogP contribution in [0.2, 0.25) is 0 Å². The summed E-state index contributed by atoms with van der Waals surface area (Å²) in [4.78, 5) is 21.3. The normalized spacial score (nSPS) is 23.1. The number of carboxylic acid groups (broad SMARTS) is 1. The first kappa shape index (κ1) is 10.5. The smallest absolute Gasteiger partial charge is 0.362 e. The monoisotopic (exact) mass is 198 g/mol. The van der Waals surface area contributed by atoms with Crippen LogP contribution in [0.5, 0.6) is 0 Å². The minimum Gasteiger partial charge on any atom is -0.504 e. The van der Waals surface area contributed by atoms with Crippen molar-refractivity contribution in [3.8, 4) is 0 Å². The third kappa shape index (κ3) is 2.43. The molecule has 76 valence electrons. The van der Waals surface area contributed by atoms with Gasteiger partial charge in [0.05, 0.1) is 0 Å². The minimum atomic E-state index is -0.983. The van der Waals surface area contributed by atoms with Crippen molar-refractivity contribution in [1.82, 2.24) is 0 Å². The Balaban J connectivity index is 2.60. The van der Waals surface area contributed by atoms with Gasteiger partial charge in [0.25, 0.3) is 0 Å². The van der Waals surface area contributed by atoms with Crippen LogP contribution in [0.1, 0.15) is 6.42 Å². The van der Waals surface area contributed by atoms with E-state index in [0.717, 1.165) is 0 Å². The van der Waals surface area contributed by atoms with Crippen LogP contribution in [-0.2, 0) is 9.59 Å². The van der Waals surface area contributed by atoms with Crippen molar-refractivity contribution in [3.63, 3.8) is 0 Å². The molecule has 0 fully saturated rings. The maximum Gasteiger partial charge on any atom is 0.362 e. The number of allylic oxidation sites excluding steroid dienone is 3. The van der Waals surface area contributed by atoms with Crippen molar-refractivity contribution < 1.29 is 25.5 Å². The number of ketones is 1. The van der Waals surface area contributed by atoms with E-state index in [1.165, 1.54) is 12.2 Å². The van der Waals surface area contributed by atoms with Crippen LogP contribution in [0, 0.1) is 5.92 Å². The average Bonchev–Trinajstić information content (AvgIpc) is 2.11. The Morgan fingerprint density at radius 1 is 1.64 bits per heavy atom. The molecule has 0 spiro atoms. The molecule has 5 nitrogen and oxygen atoms in total. The van der Waals surface area contributed by atoms with Crippen LogP contribution in [0.25, 0.3) is 0 Å². The molecule has 5 heteroatoms. The summed E-state index contributed by atoms with van der Waals surface area (Å²) < 4.78 is 0. The molecule has 1 aliphatic rings. The van der Waals surface area contributed by atoms with Gasteiger partial charge in [-0.25, -0.2) is 4.79 Å². The predicted molar refractivity (Wildman–Crippen MR) is 47.3 cm³/mol. The van der Waals surface area contributed by atoms with E-state index in [2.05, 4.69) is 5.73 Å². The van der Waals surface area contributed by atoms with Gasteiger partial charge in [-0.2, -0.15) is 0 Å². The van der Waals surface area contributed by atoms with Crippen LogP contribution in [0.15, 0.2) is 24.0 Å². The van der Waals surface area contributed by atoms with Gasteiger partial charge in [0.15, 0.2) is 11.8 Å². The standard InChI is InChI=1S/C9H11NO4/c10-6(9(13)14)3-5-1-2-7(11)8(12)4-5/h1-2,4-6,12H,3,10H2,(H,13,14)/p+1. The van der Waals surface area contributed by atoms with E-state index in [1.807, 2.05) is 0 Å². The molecule has 0 saturated heterocycles. The van der Waals surface area contributed by atoms with E-state index in [1.54, 1.807) is 6.08 Å². The fourth-order valence-electron chi connectivity index (χ4n) is 1.21. The number of quaternary nitrogens is 1. The number of hydrogen-bond acceptors (Lipinski definition) is 3. The number of rotatable bonds is 3. The molecule has 0 radical (unpaired) electrons. The number of carbonyl (C=O) groups is 2. The molecule has 14 heavy (non-hydrogen) atoms. The minimum absolute atomic E-state index is 0.230. The number of hydrogen-bond donors (Lipinski definition) is 3. The summed E-state index contributed by atoms with van der Waals surface area (Å²) in [5, 5.41) is 17.7. The van der Waals surface area contributed by atoms with Crippen LogP contribution >= 0.6 is 0 Å². The second kappa shape index (κ2) is 4.06. The Morgan fingerprint density at radius 3 is 2.79 bits per heavy atom. The van der Waals surface area contributed by atoms with Crippen LogP contribution in [-0.4, -0.2) is 28.0 Å². The number of carbonyl (C=O) groups excluding carboxylic acids is 1. The van der Waals surface area contributed by atoms with Crippen LogP contribution < -0.4 is 5.73 Å². The van der Waals surface area contributed by atoms with Crippen molar-refractivity contribution in [3.05, 3.63) is 24.0 Å². The number of aliphatic hydroxyl groups is 1. The summed E-state index contributed by atoms with van der Waals surface area (Å²) in [5.74, 6) is -1.98. The van der Waals surface area contributed by atoms with Crippen molar-refractivity contribution in [1.29, 1.82) is 0 Å². The lowest BCUT2D eigenvalue weighted by Crippen LogP contribution is -2.65. The number of aliphatic carboxylic acids is 1. The lowest BCUT2D eigenvalue weighted by atomic mass is 9.94. The van der Waals surface area contributed by atoms with Crippen molar-refractivity contribution in [2.24, 2.45) is 5.92 Å². The highest BCUT2D eigenvalue weighted by Gasteiger charge is 2.22. The Labute approximate surface area is 80.5 Å².